The van der Waals surface area contributed by atoms with Crippen molar-refractivity contribution in [2.75, 3.05) is 20.2 Å². The standard InChI is InChI=1S/C22H28N2O/c1-25-20-11-6-5-10-19(20)18-12-14-22(24-16-18)13-7-15-23-21(22)17-8-3-2-4-9-17/h2-6,8-11,18,21,23-24H,7,12-16H2,1H3/t18-,21?,22-/m0/s1. The molecule has 0 saturated carbocycles. The molecule has 3 atom stereocenters. The highest BCUT2D eigenvalue weighted by Gasteiger charge is 2.44. The van der Waals surface area contributed by atoms with Gasteiger partial charge in [0.1, 0.15) is 5.75 Å². The molecule has 2 fully saturated rings. The molecule has 0 aromatic heterocycles. The molecule has 1 unspecified atom stereocenters. The van der Waals surface area contributed by atoms with E-state index in [0.717, 1.165) is 18.8 Å². The summed E-state index contributed by atoms with van der Waals surface area (Å²) in [6.07, 6.45) is 4.90. The SMILES string of the molecule is COc1ccccc1[C@H]1CC[C@]2(CCCNC2c2ccccc2)NC1. The highest BCUT2D eigenvalue weighted by atomic mass is 16.5. The predicted octanol–water partition coefficient (Wildman–Crippen LogP) is 4.03. The van der Waals surface area contributed by atoms with Crippen molar-refractivity contribution in [3.63, 3.8) is 0 Å². The van der Waals surface area contributed by atoms with Crippen LogP contribution in [0.15, 0.2) is 54.6 Å². The van der Waals surface area contributed by atoms with Crippen molar-refractivity contribution in [1.82, 2.24) is 10.6 Å². The Bertz CT molecular complexity index is 692. The number of rotatable bonds is 3. The molecule has 2 aliphatic heterocycles. The molecule has 0 bridgehead atoms. The second kappa shape index (κ2) is 7.19. The van der Waals surface area contributed by atoms with Crippen molar-refractivity contribution in [1.29, 1.82) is 0 Å². The van der Waals surface area contributed by atoms with Gasteiger partial charge < -0.3 is 15.4 Å². The molecule has 1 spiro atoms. The van der Waals surface area contributed by atoms with Crippen molar-refractivity contribution in [3.8, 4) is 5.75 Å². The summed E-state index contributed by atoms with van der Waals surface area (Å²) in [5, 5.41) is 7.75. The smallest absolute Gasteiger partial charge is 0.122 e. The maximum absolute atomic E-state index is 5.59. The fourth-order valence-corrected chi connectivity index (χ4v) is 4.75. The van der Waals surface area contributed by atoms with Gasteiger partial charge in [-0.15, -0.1) is 0 Å². The Hall–Kier alpha value is -1.84. The van der Waals surface area contributed by atoms with E-state index < -0.39 is 0 Å². The van der Waals surface area contributed by atoms with Gasteiger partial charge in [0.05, 0.1) is 13.2 Å². The summed E-state index contributed by atoms with van der Waals surface area (Å²) in [6.45, 7) is 2.13. The monoisotopic (exact) mass is 336 g/mol. The zero-order valence-corrected chi connectivity index (χ0v) is 15.0. The number of ether oxygens (including phenoxy) is 1. The summed E-state index contributed by atoms with van der Waals surface area (Å²) in [5.41, 5.74) is 2.93. The number of hydrogen-bond donors (Lipinski definition) is 2. The molecule has 4 rings (SSSR count). The maximum Gasteiger partial charge on any atom is 0.122 e. The lowest BCUT2D eigenvalue weighted by molar-refractivity contribution is 0.131. The van der Waals surface area contributed by atoms with E-state index in [2.05, 4.69) is 65.2 Å². The van der Waals surface area contributed by atoms with E-state index in [1.165, 1.54) is 36.8 Å². The molecule has 0 radical (unpaired) electrons. The van der Waals surface area contributed by atoms with Crippen LogP contribution < -0.4 is 15.4 Å². The van der Waals surface area contributed by atoms with Crippen LogP contribution in [0.4, 0.5) is 0 Å². The zero-order valence-electron chi connectivity index (χ0n) is 15.0. The molecule has 2 aliphatic rings. The molecule has 3 nitrogen and oxygen atoms in total. The molecule has 25 heavy (non-hydrogen) atoms. The van der Waals surface area contributed by atoms with Crippen LogP contribution in [-0.4, -0.2) is 25.7 Å². The minimum Gasteiger partial charge on any atom is -0.496 e. The van der Waals surface area contributed by atoms with Crippen molar-refractivity contribution < 1.29 is 4.74 Å². The Morgan fingerprint density at radius 3 is 2.56 bits per heavy atom. The quantitative estimate of drug-likeness (QED) is 0.888. The van der Waals surface area contributed by atoms with Crippen LogP contribution in [0.2, 0.25) is 0 Å². The summed E-state index contributed by atoms with van der Waals surface area (Å²) in [6, 6.07) is 19.8. The van der Waals surface area contributed by atoms with Crippen molar-refractivity contribution in [2.24, 2.45) is 0 Å². The van der Waals surface area contributed by atoms with Gasteiger partial charge in [-0.3, -0.25) is 0 Å². The third-order valence-electron chi connectivity index (χ3n) is 6.05. The lowest BCUT2D eigenvalue weighted by Gasteiger charge is -2.50. The van der Waals surface area contributed by atoms with Crippen LogP contribution >= 0.6 is 0 Å². The number of benzene rings is 2. The van der Waals surface area contributed by atoms with E-state index in [1.807, 2.05) is 0 Å². The van der Waals surface area contributed by atoms with E-state index in [1.54, 1.807) is 7.11 Å². The van der Waals surface area contributed by atoms with Crippen LogP contribution in [0.25, 0.3) is 0 Å². The molecule has 0 aliphatic carbocycles. The summed E-state index contributed by atoms with van der Waals surface area (Å²) in [4.78, 5) is 0. The molecule has 2 saturated heterocycles. The van der Waals surface area contributed by atoms with Crippen LogP contribution in [0.3, 0.4) is 0 Å². The van der Waals surface area contributed by atoms with E-state index in [-0.39, 0.29) is 5.54 Å². The first-order valence-electron chi connectivity index (χ1n) is 9.49. The van der Waals surface area contributed by atoms with E-state index in [4.69, 9.17) is 4.74 Å². The highest BCUT2D eigenvalue weighted by Crippen LogP contribution is 2.43. The number of methoxy groups -OCH3 is 1. The molecule has 3 heteroatoms. The van der Waals surface area contributed by atoms with Gasteiger partial charge in [-0.2, -0.15) is 0 Å². The van der Waals surface area contributed by atoms with Gasteiger partial charge in [-0.25, -0.2) is 0 Å². The topological polar surface area (TPSA) is 33.3 Å². The van der Waals surface area contributed by atoms with Crippen molar-refractivity contribution >= 4 is 0 Å². The van der Waals surface area contributed by atoms with Gasteiger partial charge in [0, 0.05) is 18.0 Å². The average molecular weight is 336 g/mol. The average Bonchev–Trinajstić information content (AvgIpc) is 2.70. The molecule has 0 amide bonds. The third kappa shape index (κ3) is 3.19. The summed E-state index contributed by atoms with van der Waals surface area (Å²) >= 11 is 0. The minimum atomic E-state index is 0.179. The van der Waals surface area contributed by atoms with Gasteiger partial charge in [0.25, 0.3) is 0 Å². The summed E-state index contributed by atoms with van der Waals surface area (Å²) in [5.74, 6) is 1.55. The van der Waals surface area contributed by atoms with Gasteiger partial charge in [0.15, 0.2) is 0 Å². The number of piperidine rings is 2. The molecule has 2 aromatic carbocycles. The zero-order chi connectivity index (χ0) is 17.1. The first-order valence-corrected chi connectivity index (χ1v) is 9.49. The third-order valence-corrected chi connectivity index (χ3v) is 6.05. The molecule has 2 N–H and O–H groups in total. The lowest BCUT2D eigenvalue weighted by atomic mass is 9.71. The van der Waals surface area contributed by atoms with Gasteiger partial charge in [-0.1, -0.05) is 48.5 Å². The van der Waals surface area contributed by atoms with E-state index >= 15 is 0 Å². The molecule has 2 aromatic rings. The van der Waals surface area contributed by atoms with E-state index in [9.17, 15) is 0 Å². The predicted molar refractivity (Wildman–Crippen MR) is 102 cm³/mol. The van der Waals surface area contributed by atoms with Gasteiger partial charge in [-0.05, 0) is 49.4 Å². The highest BCUT2D eigenvalue weighted by molar-refractivity contribution is 5.37. The maximum atomic E-state index is 5.59. The van der Waals surface area contributed by atoms with Crippen molar-refractivity contribution in [2.45, 2.75) is 43.2 Å². The van der Waals surface area contributed by atoms with Gasteiger partial charge >= 0.3 is 0 Å². The fourth-order valence-electron chi connectivity index (χ4n) is 4.75. The Kier molecular flexibility index (Phi) is 4.78. The van der Waals surface area contributed by atoms with Gasteiger partial charge in [0.2, 0.25) is 0 Å². The second-order valence-corrected chi connectivity index (χ2v) is 7.42. The minimum absolute atomic E-state index is 0.179. The number of nitrogens with one attached hydrogen (secondary N) is 2. The summed E-state index contributed by atoms with van der Waals surface area (Å²) < 4.78 is 5.59. The fraction of sp³-hybridized carbons (Fsp3) is 0.455. The normalized spacial score (nSPS) is 29.5. The Balaban J connectivity index is 1.54. The first kappa shape index (κ1) is 16.6. The number of hydrogen-bond acceptors (Lipinski definition) is 3. The Labute approximate surface area is 150 Å². The van der Waals surface area contributed by atoms with Crippen LogP contribution in [0.1, 0.15) is 48.8 Å². The Morgan fingerprint density at radius 1 is 1.00 bits per heavy atom. The van der Waals surface area contributed by atoms with Crippen LogP contribution in [-0.2, 0) is 0 Å². The first-order chi connectivity index (χ1) is 12.3. The van der Waals surface area contributed by atoms with Crippen molar-refractivity contribution in [3.05, 3.63) is 65.7 Å². The van der Waals surface area contributed by atoms with Crippen LogP contribution in [0.5, 0.6) is 5.75 Å². The van der Waals surface area contributed by atoms with Crippen LogP contribution in [0, 0.1) is 0 Å². The molecular weight excluding hydrogens is 308 g/mol. The molecular formula is C22H28N2O. The lowest BCUT2D eigenvalue weighted by Crippen LogP contribution is -2.60. The number of para-hydroxylation sites is 1. The molecule has 132 valence electrons. The summed E-state index contributed by atoms with van der Waals surface area (Å²) in [7, 11) is 1.77. The molecule has 2 heterocycles. The second-order valence-electron chi connectivity index (χ2n) is 7.42. The largest absolute Gasteiger partial charge is 0.496 e. The Morgan fingerprint density at radius 2 is 1.80 bits per heavy atom. The van der Waals surface area contributed by atoms with E-state index in [0.29, 0.717) is 12.0 Å².